The predicted octanol–water partition coefficient (Wildman–Crippen LogP) is 4.45. The van der Waals surface area contributed by atoms with Crippen molar-refractivity contribution >= 4 is 57.7 Å². The lowest BCUT2D eigenvalue weighted by Crippen LogP contribution is -2.50. The number of aromatic nitrogens is 1. The van der Waals surface area contributed by atoms with Gasteiger partial charge in [0, 0.05) is 42.1 Å². The highest BCUT2D eigenvalue weighted by molar-refractivity contribution is 7.11. The number of halogens is 2. The molecule has 0 bridgehead atoms. The predicted molar refractivity (Wildman–Crippen MR) is 130 cm³/mol. The highest BCUT2D eigenvalue weighted by Gasteiger charge is 2.53. The molecular weight excluding hydrogens is 468 g/mol. The largest absolute Gasteiger partial charge is 0.499 e. The fourth-order valence-corrected chi connectivity index (χ4v) is 5.03. The number of rotatable bonds is 2. The van der Waals surface area contributed by atoms with Crippen molar-refractivity contribution in [2.24, 2.45) is 0 Å². The van der Waals surface area contributed by atoms with Gasteiger partial charge in [-0.05, 0) is 66.1 Å². The van der Waals surface area contributed by atoms with E-state index in [1.807, 2.05) is 48.5 Å². The molecule has 2 aliphatic rings. The SMILES string of the molecule is CC(C)(C)OC(=O)N1CCN(c2snc3c(F)c(B4OC(C)(C)C(C)(C)O4)c(Cl)cc23)CC1. The number of anilines is 1. The maximum absolute atomic E-state index is 15.6. The van der Waals surface area contributed by atoms with Crippen LogP contribution in [0, 0.1) is 5.82 Å². The van der Waals surface area contributed by atoms with E-state index in [0.29, 0.717) is 31.6 Å². The molecule has 0 unspecified atom stereocenters. The van der Waals surface area contributed by atoms with Crippen molar-refractivity contribution < 1.29 is 23.2 Å². The average Bonchev–Trinajstić information content (AvgIpc) is 3.18. The maximum atomic E-state index is 15.6. The van der Waals surface area contributed by atoms with Gasteiger partial charge in [-0.1, -0.05) is 11.6 Å². The number of carbonyl (C=O) groups excluding carboxylic acids is 1. The van der Waals surface area contributed by atoms with Crippen molar-refractivity contribution in [3.63, 3.8) is 0 Å². The molecule has 2 fully saturated rings. The van der Waals surface area contributed by atoms with Crippen LogP contribution in [0.25, 0.3) is 10.9 Å². The average molecular weight is 498 g/mol. The number of ether oxygens (including phenoxy) is 1. The lowest BCUT2D eigenvalue weighted by Gasteiger charge is -2.36. The molecule has 4 rings (SSSR count). The number of hydrogen-bond donors (Lipinski definition) is 0. The van der Waals surface area contributed by atoms with E-state index in [9.17, 15) is 4.79 Å². The van der Waals surface area contributed by atoms with E-state index in [2.05, 4.69) is 9.27 Å². The number of hydrogen-bond acceptors (Lipinski definition) is 7. The van der Waals surface area contributed by atoms with Gasteiger partial charge in [0.2, 0.25) is 0 Å². The second-order valence-electron chi connectivity index (χ2n) is 10.5. The third kappa shape index (κ3) is 4.55. The first-order chi connectivity index (χ1) is 15.2. The molecule has 11 heteroatoms. The fraction of sp³-hybridized carbons (Fsp3) is 0.636. The standard InChI is InChI=1S/C22H30BClFN3O4S/c1-20(2,3)30-19(29)28-10-8-27(9-11-28)18-13-12-14(24)15(16(25)17(13)26-33-18)23-31-21(4,5)22(6,7)32-23/h12H,8-11H2,1-7H3. The molecule has 0 radical (unpaired) electrons. The van der Waals surface area contributed by atoms with Gasteiger partial charge >= 0.3 is 13.2 Å². The third-order valence-corrected chi connectivity index (χ3v) is 7.63. The van der Waals surface area contributed by atoms with Crippen LogP contribution in [-0.2, 0) is 14.0 Å². The number of carbonyl (C=O) groups is 1. The topological polar surface area (TPSA) is 64.1 Å². The van der Waals surface area contributed by atoms with Crippen molar-refractivity contribution in [3.8, 4) is 0 Å². The molecule has 0 spiro atoms. The zero-order valence-electron chi connectivity index (χ0n) is 20.1. The second-order valence-corrected chi connectivity index (χ2v) is 11.7. The zero-order chi connectivity index (χ0) is 24.3. The van der Waals surface area contributed by atoms with E-state index in [-0.39, 0.29) is 22.1 Å². The van der Waals surface area contributed by atoms with E-state index in [1.165, 1.54) is 11.5 Å². The highest BCUT2D eigenvalue weighted by atomic mass is 35.5. The lowest BCUT2D eigenvalue weighted by molar-refractivity contribution is 0.00578. The number of benzene rings is 1. The second kappa shape index (κ2) is 8.25. The molecule has 1 amide bonds. The highest BCUT2D eigenvalue weighted by Crippen LogP contribution is 2.39. The van der Waals surface area contributed by atoms with Gasteiger partial charge in [0.25, 0.3) is 0 Å². The Hall–Kier alpha value is -1.62. The van der Waals surface area contributed by atoms with Gasteiger partial charge in [0.1, 0.15) is 16.1 Å². The van der Waals surface area contributed by atoms with E-state index < -0.39 is 29.7 Å². The van der Waals surface area contributed by atoms with Crippen molar-refractivity contribution in [2.45, 2.75) is 65.3 Å². The summed E-state index contributed by atoms with van der Waals surface area (Å²) in [6.45, 7) is 15.4. The van der Waals surface area contributed by atoms with Crippen LogP contribution in [0.5, 0.6) is 0 Å². The monoisotopic (exact) mass is 497 g/mol. The van der Waals surface area contributed by atoms with Crippen LogP contribution in [0.3, 0.4) is 0 Å². The molecule has 7 nitrogen and oxygen atoms in total. The first-order valence-corrected chi connectivity index (χ1v) is 12.2. The summed E-state index contributed by atoms with van der Waals surface area (Å²) in [5, 5.41) is 1.72. The summed E-state index contributed by atoms with van der Waals surface area (Å²) < 4.78 is 37.5. The summed E-state index contributed by atoms with van der Waals surface area (Å²) in [4.78, 5) is 16.1. The molecule has 33 heavy (non-hydrogen) atoms. The van der Waals surface area contributed by atoms with Gasteiger partial charge in [0.05, 0.1) is 11.2 Å². The smallest absolute Gasteiger partial charge is 0.444 e. The van der Waals surface area contributed by atoms with Gasteiger partial charge in [-0.15, -0.1) is 0 Å². The van der Waals surface area contributed by atoms with Crippen molar-refractivity contribution in [3.05, 3.63) is 16.9 Å². The quantitative estimate of drug-likeness (QED) is 0.572. The Kier molecular flexibility index (Phi) is 6.13. The number of amides is 1. The molecule has 180 valence electrons. The van der Waals surface area contributed by atoms with Crippen molar-refractivity contribution in [1.82, 2.24) is 9.27 Å². The first kappa shape index (κ1) is 24.5. The van der Waals surface area contributed by atoms with Crippen LogP contribution in [0.2, 0.25) is 5.02 Å². The summed E-state index contributed by atoms with van der Waals surface area (Å²) in [6.07, 6.45) is -0.322. The van der Waals surface area contributed by atoms with Crippen LogP contribution in [-0.4, -0.2) is 65.5 Å². The van der Waals surface area contributed by atoms with E-state index >= 15 is 4.39 Å². The van der Waals surface area contributed by atoms with Gasteiger partial charge < -0.3 is 23.8 Å². The Bertz CT molecular complexity index is 1060. The van der Waals surface area contributed by atoms with Crippen molar-refractivity contribution in [2.75, 3.05) is 31.1 Å². The molecule has 0 aliphatic carbocycles. The van der Waals surface area contributed by atoms with Crippen LogP contribution >= 0.6 is 23.1 Å². The molecule has 0 saturated carbocycles. The summed E-state index contributed by atoms with van der Waals surface area (Å²) >= 11 is 7.78. The molecular formula is C22H30BClFN3O4S. The minimum absolute atomic E-state index is 0.175. The number of fused-ring (bicyclic) bond motifs is 1. The Morgan fingerprint density at radius 2 is 1.76 bits per heavy atom. The summed E-state index contributed by atoms with van der Waals surface area (Å²) in [7, 11) is -0.908. The van der Waals surface area contributed by atoms with Gasteiger partial charge in [0.15, 0.2) is 5.82 Å². The third-order valence-electron chi connectivity index (χ3n) is 6.39. The maximum Gasteiger partial charge on any atom is 0.499 e. The van der Waals surface area contributed by atoms with Gasteiger partial charge in [-0.3, -0.25) is 0 Å². The lowest BCUT2D eigenvalue weighted by atomic mass is 9.78. The van der Waals surface area contributed by atoms with E-state index in [4.69, 9.17) is 25.6 Å². The Labute approximate surface area is 203 Å². The molecule has 2 saturated heterocycles. The molecule has 3 heterocycles. The van der Waals surface area contributed by atoms with Gasteiger partial charge in [-0.2, -0.15) is 4.37 Å². The van der Waals surface area contributed by atoms with Gasteiger partial charge in [-0.25, -0.2) is 9.18 Å². The number of nitrogens with zero attached hydrogens (tertiary/aromatic N) is 3. The summed E-state index contributed by atoms with van der Waals surface area (Å²) in [5.41, 5.74) is -1.33. The van der Waals surface area contributed by atoms with Crippen LogP contribution in [0.1, 0.15) is 48.5 Å². The number of piperazine rings is 1. The summed E-state index contributed by atoms with van der Waals surface area (Å²) in [5.74, 6) is -0.522. The normalized spacial score (nSPS) is 20.6. The first-order valence-electron chi connectivity index (χ1n) is 11.1. The van der Waals surface area contributed by atoms with Crippen molar-refractivity contribution in [1.29, 1.82) is 0 Å². The van der Waals surface area contributed by atoms with E-state index in [0.717, 1.165) is 5.00 Å². The minimum atomic E-state index is -0.908. The minimum Gasteiger partial charge on any atom is -0.444 e. The molecule has 2 aromatic rings. The molecule has 1 aromatic carbocycles. The van der Waals surface area contributed by atoms with Crippen LogP contribution in [0.4, 0.5) is 14.2 Å². The Morgan fingerprint density at radius 3 is 2.30 bits per heavy atom. The molecule has 2 aliphatic heterocycles. The van der Waals surface area contributed by atoms with E-state index in [1.54, 1.807) is 11.0 Å². The molecule has 1 aromatic heterocycles. The van der Waals surface area contributed by atoms with Crippen LogP contribution < -0.4 is 10.4 Å². The zero-order valence-corrected chi connectivity index (χ0v) is 21.7. The fourth-order valence-electron chi connectivity index (χ4n) is 3.84. The van der Waals surface area contributed by atoms with Crippen LogP contribution in [0.15, 0.2) is 6.07 Å². The summed E-state index contributed by atoms with van der Waals surface area (Å²) in [6, 6.07) is 1.74. The molecule has 0 atom stereocenters. The Balaban J connectivity index is 1.56. The molecule has 0 N–H and O–H groups in total. The Morgan fingerprint density at radius 1 is 1.18 bits per heavy atom.